The molecule has 0 aromatic rings. The van der Waals surface area contributed by atoms with Crippen LogP contribution in [-0.2, 0) is 14.7 Å². The Labute approximate surface area is 57.9 Å². The molecule has 0 spiro atoms. The Hall–Kier alpha value is -0.850. The summed E-state index contributed by atoms with van der Waals surface area (Å²) in [4.78, 5) is 26.1. The SMILES string of the molecule is O=C(CBr)OO[N+](=O)[O-]. The summed E-state index contributed by atoms with van der Waals surface area (Å²) in [5, 5.41) is 7.95. The van der Waals surface area contributed by atoms with E-state index in [0.29, 0.717) is 0 Å². The average Bonchev–Trinajstić information content (AvgIpc) is 1.83. The van der Waals surface area contributed by atoms with Crippen molar-refractivity contribution in [2.24, 2.45) is 0 Å². The Kier molecular flexibility index (Phi) is 3.69. The van der Waals surface area contributed by atoms with Gasteiger partial charge in [-0.2, -0.15) is 0 Å². The van der Waals surface area contributed by atoms with Gasteiger partial charge < -0.3 is 0 Å². The standard InChI is InChI=1S/C2H2BrNO5/c3-1-2(5)8-9-4(6)7/h1H2. The highest BCUT2D eigenvalue weighted by Crippen LogP contribution is 1.85. The van der Waals surface area contributed by atoms with Crippen molar-refractivity contribution in [3.63, 3.8) is 0 Å². The minimum atomic E-state index is -1.22. The zero-order valence-corrected chi connectivity index (χ0v) is 5.66. The first-order chi connectivity index (χ1) is 4.16. The highest BCUT2D eigenvalue weighted by atomic mass is 79.9. The Morgan fingerprint density at radius 2 is 2.33 bits per heavy atom. The van der Waals surface area contributed by atoms with Crippen LogP contribution in [0.3, 0.4) is 0 Å². The number of rotatable bonds is 3. The van der Waals surface area contributed by atoms with E-state index in [1.54, 1.807) is 0 Å². The van der Waals surface area contributed by atoms with Gasteiger partial charge in [0.2, 0.25) is 0 Å². The van der Waals surface area contributed by atoms with Crippen molar-refractivity contribution < 1.29 is 19.8 Å². The lowest BCUT2D eigenvalue weighted by molar-refractivity contribution is -0.839. The van der Waals surface area contributed by atoms with E-state index in [4.69, 9.17) is 0 Å². The van der Waals surface area contributed by atoms with Gasteiger partial charge in [0.25, 0.3) is 0 Å². The van der Waals surface area contributed by atoms with Crippen LogP contribution in [0.25, 0.3) is 0 Å². The molecule has 52 valence electrons. The second-order valence-corrected chi connectivity index (χ2v) is 1.45. The van der Waals surface area contributed by atoms with E-state index >= 15 is 0 Å². The zero-order chi connectivity index (χ0) is 7.28. The van der Waals surface area contributed by atoms with Crippen molar-refractivity contribution in [3.05, 3.63) is 10.1 Å². The summed E-state index contributed by atoms with van der Waals surface area (Å²) < 4.78 is 0. The van der Waals surface area contributed by atoms with Gasteiger partial charge in [0.1, 0.15) is 5.33 Å². The number of carbonyl (C=O) groups excluding carboxylic acids is 1. The van der Waals surface area contributed by atoms with Gasteiger partial charge in [-0.25, -0.2) is 4.79 Å². The number of carbonyl (C=O) groups is 1. The molecule has 0 saturated carbocycles. The van der Waals surface area contributed by atoms with Crippen LogP contribution in [0, 0.1) is 10.1 Å². The molecule has 0 aromatic heterocycles. The Bertz CT molecular complexity index is 124. The molecule has 0 heterocycles. The fourth-order valence-corrected chi connectivity index (χ4v) is 0.188. The van der Waals surface area contributed by atoms with Gasteiger partial charge in [0, 0.05) is 0 Å². The van der Waals surface area contributed by atoms with Crippen LogP contribution in [0.5, 0.6) is 0 Å². The fourth-order valence-electron chi connectivity index (χ4n) is 0.0943. The molecule has 0 bridgehead atoms. The van der Waals surface area contributed by atoms with Crippen LogP contribution in [0.2, 0.25) is 0 Å². The van der Waals surface area contributed by atoms with Crippen LogP contribution in [0.4, 0.5) is 0 Å². The van der Waals surface area contributed by atoms with Crippen LogP contribution in [-0.4, -0.2) is 16.4 Å². The monoisotopic (exact) mass is 199 g/mol. The number of hydrogen-bond acceptors (Lipinski definition) is 5. The lowest BCUT2D eigenvalue weighted by Crippen LogP contribution is -2.09. The van der Waals surface area contributed by atoms with Crippen LogP contribution >= 0.6 is 15.9 Å². The molecule has 9 heavy (non-hydrogen) atoms. The third-order valence-electron chi connectivity index (χ3n) is 0.300. The maximum atomic E-state index is 10.0. The minimum absolute atomic E-state index is 0.138. The van der Waals surface area contributed by atoms with E-state index in [2.05, 4.69) is 25.8 Å². The second kappa shape index (κ2) is 4.07. The predicted octanol–water partition coefficient (Wildman–Crippen LogP) is 0.0478. The van der Waals surface area contributed by atoms with Gasteiger partial charge in [-0.1, -0.05) is 20.9 Å². The first-order valence-electron chi connectivity index (χ1n) is 1.74. The van der Waals surface area contributed by atoms with Crippen molar-refractivity contribution >= 4 is 21.9 Å². The van der Waals surface area contributed by atoms with Gasteiger partial charge >= 0.3 is 11.1 Å². The molecule has 0 aliphatic rings. The van der Waals surface area contributed by atoms with E-state index in [-0.39, 0.29) is 5.33 Å². The lowest BCUT2D eigenvalue weighted by atomic mass is 10.8. The topological polar surface area (TPSA) is 78.7 Å². The zero-order valence-electron chi connectivity index (χ0n) is 4.07. The second-order valence-electron chi connectivity index (χ2n) is 0.887. The summed E-state index contributed by atoms with van der Waals surface area (Å²) in [5.41, 5.74) is 0. The molecule has 0 fully saturated rings. The Morgan fingerprint density at radius 3 is 2.67 bits per heavy atom. The molecule has 0 atom stereocenters. The van der Waals surface area contributed by atoms with Crippen LogP contribution in [0.1, 0.15) is 0 Å². The minimum Gasteiger partial charge on any atom is -0.260 e. The molecule has 0 radical (unpaired) electrons. The molecule has 0 N–H and O–H groups in total. The van der Waals surface area contributed by atoms with Crippen LogP contribution < -0.4 is 0 Å². The molecule has 0 aromatic carbocycles. The van der Waals surface area contributed by atoms with Crippen molar-refractivity contribution in [1.82, 2.24) is 0 Å². The molecule has 6 nitrogen and oxygen atoms in total. The molecular formula is C2H2BrNO5. The summed E-state index contributed by atoms with van der Waals surface area (Å²) in [7, 11) is 0. The third kappa shape index (κ3) is 5.01. The lowest BCUT2D eigenvalue weighted by Gasteiger charge is -1.92. The maximum absolute atomic E-state index is 10.0. The van der Waals surface area contributed by atoms with Gasteiger partial charge in [0.05, 0.1) is 0 Å². The van der Waals surface area contributed by atoms with E-state index in [1.165, 1.54) is 0 Å². The van der Waals surface area contributed by atoms with Crippen molar-refractivity contribution in [2.45, 2.75) is 0 Å². The smallest absolute Gasteiger partial charge is 0.260 e. The van der Waals surface area contributed by atoms with E-state index < -0.39 is 11.1 Å². The number of halogens is 1. The normalized spacial score (nSPS) is 8.11. The number of alkyl halides is 1. The maximum Gasteiger partial charge on any atom is 0.353 e. The Morgan fingerprint density at radius 1 is 1.78 bits per heavy atom. The first-order valence-corrected chi connectivity index (χ1v) is 2.86. The predicted molar refractivity (Wildman–Crippen MR) is 28.0 cm³/mol. The first kappa shape index (κ1) is 8.15. The summed E-state index contributed by atoms with van der Waals surface area (Å²) in [6, 6.07) is 0. The summed E-state index contributed by atoms with van der Waals surface area (Å²) in [6.45, 7) is 0. The largest absolute Gasteiger partial charge is 0.353 e. The molecule has 0 aliphatic heterocycles. The van der Waals surface area contributed by atoms with E-state index in [0.717, 1.165) is 0 Å². The van der Waals surface area contributed by atoms with Crippen molar-refractivity contribution in [2.75, 3.05) is 5.33 Å². The average molecular weight is 200 g/mol. The van der Waals surface area contributed by atoms with Crippen molar-refractivity contribution in [1.29, 1.82) is 0 Å². The van der Waals surface area contributed by atoms with Gasteiger partial charge in [-0.15, -0.1) is 10.1 Å². The van der Waals surface area contributed by atoms with Crippen LogP contribution in [0.15, 0.2) is 0 Å². The molecular weight excluding hydrogens is 198 g/mol. The highest BCUT2D eigenvalue weighted by Gasteiger charge is 2.02. The summed E-state index contributed by atoms with van der Waals surface area (Å²) in [6.07, 6.45) is 0. The summed E-state index contributed by atoms with van der Waals surface area (Å²) >= 11 is 2.69. The molecule has 0 rings (SSSR count). The van der Waals surface area contributed by atoms with E-state index in [9.17, 15) is 14.9 Å². The quantitative estimate of drug-likeness (QED) is 0.278. The van der Waals surface area contributed by atoms with Crippen molar-refractivity contribution in [3.8, 4) is 0 Å². The molecule has 0 saturated heterocycles. The number of hydrogen-bond donors (Lipinski definition) is 0. The third-order valence-corrected chi connectivity index (χ3v) is 0.758. The van der Waals surface area contributed by atoms with Gasteiger partial charge in [-0.05, 0) is 0 Å². The van der Waals surface area contributed by atoms with E-state index in [1.807, 2.05) is 0 Å². The molecule has 7 heteroatoms. The Balaban J connectivity index is 3.28. The molecule has 0 amide bonds. The summed E-state index contributed by atoms with van der Waals surface area (Å²) in [5.74, 6) is -0.855. The fraction of sp³-hybridized carbons (Fsp3) is 0.500. The van der Waals surface area contributed by atoms with Gasteiger partial charge in [0.15, 0.2) is 0 Å². The van der Waals surface area contributed by atoms with Gasteiger partial charge in [-0.3, -0.25) is 4.89 Å². The molecule has 0 unspecified atom stereocenters. The highest BCUT2D eigenvalue weighted by molar-refractivity contribution is 9.09. The molecule has 0 aliphatic carbocycles. The number of nitrogens with zero attached hydrogens (tertiary/aromatic N) is 1.